The van der Waals surface area contributed by atoms with Crippen LogP contribution in [0.1, 0.15) is 34.8 Å². The van der Waals surface area contributed by atoms with Crippen molar-refractivity contribution in [1.82, 2.24) is 4.90 Å². The quantitative estimate of drug-likeness (QED) is 0.659. The Morgan fingerprint density at radius 2 is 1.81 bits per heavy atom. The van der Waals surface area contributed by atoms with Crippen molar-refractivity contribution in [3.63, 3.8) is 0 Å². The van der Waals surface area contributed by atoms with E-state index >= 15 is 0 Å². The van der Waals surface area contributed by atoms with Gasteiger partial charge in [-0.25, -0.2) is 13.2 Å². The molecule has 8 heteroatoms. The number of ether oxygens (including phenoxy) is 1. The number of para-hydroxylation sites is 1. The lowest BCUT2D eigenvalue weighted by Gasteiger charge is -2.26. The predicted octanol–water partition coefficient (Wildman–Crippen LogP) is 3.24. The third kappa shape index (κ3) is 5.44. The number of anilines is 2. The number of esters is 1. The molecule has 0 aliphatic carbocycles. The van der Waals surface area contributed by atoms with Crippen molar-refractivity contribution in [1.29, 1.82) is 0 Å². The first kappa shape index (κ1) is 22.8. The smallest absolute Gasteiger partial charge is 0.340 e. The van der Waals surface area contributed by atoms with Gasteiger partial charge in [0.2, 0.25) is 0 Å². The van der Waals surface area contributed by atoms with E-state index in [4.69, 9.17) is 4.74 Å². The van der Waals surface area contributed by atoms with Crippen LogP contribution in [0.4, 0.5) is 11.4 Å². The van der Waals surface area contributed by atoms with Gasteiger partial charge in [-0.15, -0.1) is 0 Å². The normalized spacial score (nSPS) is 17.2. The maximum absolute atomic E-state index is 12.7. The zero-order chi connectivity index (χ0) is 22.6. The molecule has 1 aliphatic heterocycles. The number of carbonyl (C=O) groups is 2. The summed E-state index contributed by atoms with van der Waals surface area (Å²) in [6.45, 7) is 5.73. The van der Waals surface area contributed by atoms with Crippen LogP contribution >= 0.6 is 0 Å². The van der Waals surface area contributed by atoms with Crippen LogP contribution in [-0.2, 0) is 19.4 Å². The Bertz CT molecular complexity index is 1080. The number of carbonyl (C=O) groups excluding carboxylic acids is 2. The van der Waals surface area contributed by atoms with E-state index in [0.717, 1.165) is 16.8 Å². The molecule has 2 aromatic rings. The SMILES string of the molecule is CCN(C(=O)COC(=O)c1ccccc1Nc1cccc(C)c1C)[C@H]1CCS(=O)(=O)C1. The highest BCUT2D eigenvalue weighted by Crippen LogP contribution is 2.26. The van der Waals surface area contributed by atoms with Crippen LogP contribution in [0.15, 0.2) is 42.5 Å². The van der Waals surface area contributed by atoms with Gasteiger partial charge in [0.15, 0.2) is 16.4 Å². The van der Waals surface area contributed by atoms with Gasteiger partial charge in [0, 0.05) is 18.3 Å². The molecule has 0 bridgehead atoms. The van der Waals surface area contributed by atoms with Gasteiger partial charge < -0.3 is 15.0 Å². The molecule has 0 aromatic heterocycles. The summed E-state index contributed by atoms with van der Waals surface area (Å²) in [6, 6.07) is 12.5. The minimum atomic E-state index is -3.11. The number of amides is 1. The molecule has 3 rings (SSSR count). The highest BCUT2D eigenvalue weighted by Gasteiger charge is 2.34. The van der Waals surface area contributed by atoms with E-state index < -0.39 is 28.3 Å². The van der Waals surface area contributed by atoms with Crippen molar-refractivity contribution in [2.24, 2.45) is 0 Å². The Labute approximate surface area is 183 Å². The number of likely N-dealkylation sites (N-methyl/N-ethyl adjacent to an activating group) is 1. The molecule has 0 spiro atoms. The Balaban J connectivity index is 1.68. The summed E-state index contributed by atoms with van der Waals surface area (Å²) in [4.78, 5) is 26.8. The number of nitrogens with one attached hydrogen (secondary N) is 1. The number of hydrogen-bond acceptors (Lipinski definition) is 6. The molecule has 1 aliphatic rings. The van der Waals surface area contributed by atoms with Gasteiger partial charge >= 0.3 is 5.97 Å². The molecule has 1 amide bonds. The molecule has 31 heavy (non-hydrogen) atoms. The van der Waals surface area contributed by atoms with E-state index in [1.165, 1.54) is 4.90 Å². The zero-order valence-corrected chi connectivity index (χ0v) is 18.9. The fourth-order valence-corrected chi connectivity index (χ4v) is 5.48. The van der Waals surface area contributed by atoms with Gasteiger partial charge in [0.1, 0.15) is 0 Å². The Kier molecular flexibility index (Phi) is 7.00. The molecule has 1 heterocycles. The molecule has 1 N–H and O–H groups in total. The summed E-state index contributed by atoms with van der Waals surface area (Å²) >= 11 is 0. The third-order valence-corrected chi connectivity index (χ3v) is 7.41. The largest absolute Gasteiger partial charge is 0.452 e. The number of nitrogens with zero attached hydrogens (tertiary/aromatic N) is 1. The standard InChI is InChI=1S/C23H28N2O5S/c1-4-25(18-12-13-31(28,29)15-18)22(26)14-30-23(27)19-9-5-6-10-21(19)24-20-11-7-8-16(2)17(20)3/h5-11,18,24H,4,12-15H2,1-3H3/t18-/m0/s1. The van der Waals surface area contributed by atoms with Crippen molar-refractivity contribution < 1.29 is 22.7 Å². The summed E-state index contributed by atoms with van der Waals surface area (Å²) in [6.07, 6.45) is 0.415. The summed E-state index contributed by atoms with van der Waals surface area (Å²) in [7, 11) is -3.11. The van der Waals surface area contributed by atoms with E-state index in [1.54, 1.807) is 25.1 Å². The highest BCUT2D eigenvalue weighted by molar-refractivity contribution is 7.91. The van der Waals surface area contributed by atoms with Crippen LogP contribution in [0, 0.1) is 13.8 Å². The molecule has 166 valence electrons. The maximum Gasteiger partial charge on any atom is 0.340 e. The molecule has 1 atom stereocenters. The first-order valence-corrected chi connectivity index (χ1v) is 12.1. The second-order valence-corrected chi connectivity index (χ2v) is 9.96. The van der Waals surface area contributed by atoms with E-state index in [9.17, 15) is 18.0 Å². The molecule has 0 saturated carbocycles. The van der Waals surface area contributed by atoms with Crippen LogP contribution in [0.25, 0.3) is 0 Å². The van der Waals surface area contributed by atoms with Crippen molar-refractivity contribution >= 4 is 33.1 Å². The fourth-order valence-electron chi connectivity index (χ4n) is 3.75. The topological polar surface area (TPSA) is 92.8 Å². The lowest BCUT2D eigenvalue weighted by atomic mass is 10.1. The summed E-state index contributed by atoms with van der Waals surface area (Å²) < 4.78 is 28.8. The van der Waals surface area contributed by atoms with E-state index in [2.05, 4.69) is 5.32 Å². The molecular formula is C23H28N2O5S. The Hall–Kier alpha value is -2.87. The van der Waals surface area contributed by atoms with Crippen LogP contribution in [-0.4, -0.2) is 55.9 Å². The molecule has 1 saturated heterocycles. The predicted molar refractivity (Wildman–Crippen MR) is 120 cm³/mol. The summed E-state index contributed by atoms with van der Waals surface area (Å²) in [5.74, 6) is -0.961. The lowest BCUT2D eigenvalue weighted by molar-refractivity contribution is -0.136. The van der Waals surface area contributed by atoms with Gasteiger partial charge in [0.25, 0.3) is 5.91 Å². The number of benzene rings is 2. The van der Waals surface area contributed by atoms with E-state index in [-0.39, 0.29) is 17.5 Å². The Morgan fingerprint density at radius 3 is 2.48 bits per heavy atom. The maximum atomic E-state index is 12.7. The number of rotatable bonds is 7. The summed E-state index contributed by atoms with van der Waals surface area (Å²) in [5.41, 5.74) is 4.00. The summed E-state index contributed by atoms with van der Waals surface area (Å²) in [5, 5.41) is 3.28. The highest BCUT2D eigenvalue weighted by atomic mass is 32.2. The van der Waals surface area contributed by atoms with Gasteiger partial charge in [-0.05, 0) is 56.5 Å². The fraction of sp³-hybridized carbons (Fsp3) is 0.391. The first-order chi connectivity index (χ1) is 14.7. The lowest BCUT2D eigenvalue weighted by Crippen LogP contribution is -2.43. The van der Waals surface area contributed by atoms with Crippen molar-refractivity contribution in [3.05, 3.63) is 59.2 Å². The zero-order valence-electron chi connectivity index (χ0n) is 18.1. The second-order valence-electron chi connectivity index (χ2n) is 7.73. The van der Waals surface area contributed by atoms with Crippen molar-refractivity contribution in [2.75, 3.05) is 30.0 Å². The number of hydrogen-bond donors (Lipinski definition) is 1. The van der Waals surface area contributed by atoms with Crippen LogP contribution in [0.5, 0.6) is 0 Å². The van der Waals surface area contributed by atoms with Crippen molar-refractivity contribution in [2.45, 2.75) is 33.2 Å². The van der Waals surface area contributed by atoms with E-state index in [0.29, 0.717) is 24.2 Å². The van der Waals surface area contributed by atoms with Crippen molar-refractivity contribution in [3.8, 4) is 0 Å². The van der Waals surface area contributed by atoms with E-state index in [1.807, 2.05) is 38.1 Å². The average molecular weight is 445 g/mol. The van der Waals surface area contributed by atoms with Crippen LogP contribution in [0.2, 0.25) is 0 Å². The number of aryl methyl sites for hydroxylation is 1. The van der Waals surface area contributed by atoms with Crippen LogP contribution in [0.3, 0.4) is 0 Å². The monoisotopic (exact) mass is 444 g/mol. The van der Waals surface area contributed by atoms with Gasteiger partial charge in [-0.1, -0.05) is 24.3 Å². The Morgan fingerprint density at radius 1 is 1.10 bits per heavy atom. The molecular weight excluding hydrogens is 416 g/mol. The molecule has 1 fully saturated rings. The van der Waals surface area contributed by atoms with Crippen LogP contribution < -0.4 is 5.32 Å². The minimum Gasteiger partial charge on any atom is -0.452 e. The number of sulfone groups is 1. The second kappa shape index (κ2) is 9.51. The minimum absolute atomic E-state index is 0.0386. The third-order valence-electron chi connectivity index (χ3n) is 5.66. The van der Waals surface area contributed by atoms with Gasteiger partial charge in [-0.2, -0.15) is 0 Å². The average Bonchev–Trinajstić information content (AvgIpc) is 3.10. The molecule has 2 aromatic carbocycles. The van der Waals surface area contributed by atoms with Gasteiger partial charge in [0.05, 0.1) is 22.8 Å². The molecule has 0 unspecified atom stereocenters. The molecule has 7 nitrogen and oxygen atoms in total. The molecule has 0 radical (unpaired) electrons. The first-order valence-electron chi connectivity index (χ1n) is 10.3. The van der Waals surface area contributed by atoms with Gasteiger partial charge in [-0.3, -0.25) is 4.79 Å².